The van der Waals surface area contributed by atoms with Crippen LogP contribution in [0.2, 0.25) is 0 Å². The lowest BCUT2D eigenvalue weighted by molar-refractivity contribution is 0.400. The molecule has 95 valence electrons. The molecule has 0 saturated heterocycles. The van der Waals surface area contributed by atoms with Crippen molar-refractivity contribution in [2.24, 2.45) is 0 Å². The number of methoxy groups -OCH3 is 1. The number of phenols is 1. The molecule has 1 N–H and O–H groups in total. The van der Waals surface area contributed by atoms with Crippen LogP contribution in [0.3, 0.4) is 0 Å². The Labute approximate surface area is 107 Å². The molecule has 0 spiro atoms. The van der Waals surface area contributed by atoms with E-state index in [9.17, 15) is 9.90 Å². The first-order chi connectivity index (χ1) is 8.60. The maximum atomic E-state index is 10.2. The standard InChI is InChI=1S/C15H17O3/c1-11(2)6-8-13-14(17)9-7-12(5-4-10-16)15(13)18-3/h4-7,9,17H,8H2,1-3H3/b5-4+. The van der Waals surface area contributed by atoms with Gasteiger partial charge < -0.3 is 9.84 Å². The summed E-state index contributed by atoms with van der Waals surface area (Å²) in [5, 5.41) is 9.87. The molecule has 1 radical (unpaired) electrons. The van der Waals surface area contributed by atoms with Crippen LogP contribution in [0.5, 0.6) is 11.5 Å². The third kappa shape index (κ3) is 3.48. The van der Waals surface area contributed by atoms with Crippen molar-refractivity contribution in [3.8, 4) is 11.5 Å². The maximum Gasteiger partial charge on any atom is 0.225 e. The van der Waals surface area contributed by atoms with E-state index in [0.29, 0.717) is 17.7 Å². The number of hydrogen-bond donors (Lipinski definition) is 1. The lowest BCUT2D eigenvalue weighted by Crippen LogP contribution is -1.95. The van der Waals surface area contributed by atoms with E-state index < -0.39 is 0 Å². The summed E-state index contributed by atoms with van der Waals surface area (Å²) in [6.45, 7) is 3.99. The van der Waals surface area contributed by atoms with Crippen LogP contribution in [-0.4, -0.2) is 18.5 Å². The first-order valence-electron chi connectivity index (χ1n) is 5.66. The van der Waals surface area contributed by atoms with Crippen molar-refractivity contribution in [2.45, 2.75) is 20.3 Å². The molecule has 0 aliphatic carbocycles. The number of hydrogen-bond acceptors (Lipinski definition) is 3. The van der Waals surface area contributed by atoms with Crippen LogP contribution in [0.4, 0.5) is 0 Å². The van der Waals surface area contributed by atoms with Crippen molar-refractivity contribution in [2.75, 3.05) is 7.11 Å². The Kier molecular flexibility index (Phi) is 5.18. The monoisotopic (exact) mass is 245 g/mol. The zero-order valence-electron chi connectivity index (χ0n) is 10.9. The molecule has 1 aromatic rings. The van der Waals surface area contributed by atoms with E-state index in [1.807, 2.05) is 19.9 Å². The number of benzene rings is 1. The molecular weight excluding hydrogens is 228 g/mol. The average molecular weight is 245 g/mol. The van der Waals surface area contributed by atoms with Gasteiger partial charge in [0.1, 0.15) is 11.5 Å². The molecule has 0 amide bonds. The Morgan fingerprint density at radius 1 is 1.44 bits per heavy atom. The Hall–Kier alpha value is -2.03. The van der Waals surface area contributed by atoms with Crippen LogP contribution in [0.25, 0.3) is 6.08 Å². The highest BCUT2D eigenvalue weighted by atomic mass is 16.5. The Bertz CT molecular complexity index is 481. The summed E-state index contributed by atoms with van der Waals surface area (Å²) in [5.74, 6) is 0.774. The second-order valence-electron chi connectivity index (χ2n) is 4.12. The van der Waals surface area contributed by atoms with E-state index in [4.69, 9.17) is 4.74 Å². The molecule has 0 bridgehead atoms. The molecular formula is C15H17O3. The Morgan fingerprint density at radius 3 is 2.72 bits per heavy atom. The minimum atomic E-state index is 0.191. The minimum Gasteiger partial charge on any atom is -0.508 e. The second kappa shape index (κ2) is 6.64. The lowest BCUT2D eigenvalue weighted by Gasteiger charge is -2.12. The molecule has 0 aromatic heterocycles. The Balaban J connectivity index is 3.25. The van der Waals surface area contributed by atoms with E-state index in [1.54, 1.807) is 31.6 Å². The number of allylic oxidation sites excluding steroid dienone is 3. The normalized spacial score (nSPS) is 10.4. The van der Waals surface area contributed by atoms with Crippen molar-refractivity contribution in [1.29, 1.82) is 0 Å². The van der Waals surface area contributed by atoms with Crippen LogP contribution < -0.4 is 4.74 Å². The number of rotatable bonds is 5. The summed E-state index contributed by atoms with van der Waals surface area (Å²) in [5.41, 5.74) is 2.63. The van der Waals surface area contributed by atoms with Gasteiger partial charge in [-0.3, -0.25) is 4.79 Å². The van der Waals surface area contributed by atoms with Crippen LogP contribution in [0, 0.1) is 0 Å². The van der Waals surface area contributed by atoms with E-state index in [1.165, 1.54) is 11.6 Å². The zero-order chi connectivity index (χ0) is 13.5. The van der Waals surface area contributed by atoms with Gasteiger partial charge in [0.2, 0.25) is 6.29 Å². The summed E-state index contributed by atoms with van der Waals surface area (Å²) in [7, 11) is 1.54. The lowest BCUT2D eigenvalue weighted by atomic mass is 10.0. The van der Waals surface area contributed by atoms with Crippen molar-refractivity contribution < 1.29 is 14.6 Å². The summed E-state index contributed by atoms with van der Waals surface area (Å²) >= 11 is 0. The number of ether oxygens (including phenoxy) is 1. The number of carbonyl (C=O) groups excluding carboxylic acids is 1. The largest absolute Gasteiger partial charge is 0.508 e. The van der Waals surface area contributed by atoms with E-state index in [2.05, 4.69) is 0 Å². The van der Waals surface area contributed by atoms with Gasteiger partial charge in [-0.05, 0) is 44.6 Å². The number of phenolic OH excluding ortho intramolecular Hbond substituents is 1. The maximum absolute atomic E-state index is 10.2. The highest BCUT2D eigenvalue weighted by Gasteiger charge is 2.11. The van der Waals surface area contributed by atoms with Crippen LogP contribution in [0.1, 0.15) is 25.0 Å². The van der Waals surface area contributed by atoms with Gasteiger partial charge in [0.05, 0.1) is 7.11 Å². The molecule has 1 aromatic carbocycles. The molecule has 0 unspecified atom stereocenters. The zero-order valence-corrected chi connectivity index (χ0v) is 10.9. The SMILES string of the molecule is COc1c(/C=C/[C]=O)ccc(O)c1CC=C(C)C. The fourth-order valence-electron chi connectivity index (χ4n) is 1.64. The molecule has 0 saturated carbocycles. The quantitative estimate of drug-likeness (QED) is 0.640. The van der Waals surface area contributed by atoms with Gasteiger partial charge in [-0.15, -0.1) is 0 Å². The average Bonchev–Trinajstić information content (AvgIpc) is 2.35. The fraction of sp³-hybridized carbons (Fsp3) is 0.267. The molecule has 0 heterocycles. The molecule has 18 heavy (non-hydrogen) atoms. The van der Waals surface area contributed by atoms with Gasteiger partial charge in [0.15, 0.2) is 0 Å². The predicted molar refractivity (Wildman–Crippen MR) is 72.5 cm³/mol. The van der Waals surface area contributed by atoms with E-state index in [0.717, 1.165) is 5.56 Å². The van der Waals surface area contributed by atoms with Gasteiger partial charge in [0.25, 0.3) is 0 Å². The Morgan fingerprint density at radius 2 is 2.17 bits per heavy atom. The smallest absolute Gasteiger partial charge is 0.225 e. The van der Waals surface area contributed by atoms with Gasteiger partial charge in [-0.2, -0.15) is 0 Å². The van der Waals surface area contributed by atoms with Crippen LogP contribution >= 0.6 is 0 Å². The summed E-state index contributed by atoms with van der Waals surface area (Å²) < 4.78 is 5.32. The highest BCUT2D eigenvalue weighted by Crippen LogP contribution is 2.33. The predicted octanol–water partition coefficient (Wildman–Crippen LogP) is 3.03. The van der Waals surface area contributed by atoms with Crippen molar-refractivity contribution >= 4 is 12.4 Å². The molecule has 0 aliphatic rings. The third-order valence-corrected chi connectivity index (χ3v) is 2.52. The second-order valence-corrected chi connectivity index (χ2v) is 4.12. The topological polar surface area (TPSA) is 46.5 Å². The van der Waals surface area contributed by atoms with Crippen LogP contribution in [0.15, 0.2) is 29.9 Å². The van der Waals surface area contributed by atoms with Gasteiger partial charge in [-0.25, -0.2) is 0 Å². The molecule has 0 fully saturated rings. The summed E-state index contributed by atoms with van der Waals surface area (Å²) in [6.07, 6.45) is 7.18. The highest BCUT2D eigenvalue weighted by molar-refractivity contribution is 5.76. The van der Waals surface area contributed by atoms with E-state index >= 15 is 0 Å². The fourth-order valence-corrected chi connectivity index (χ4v) is 1.64. The molecule has 3 heteroatoms. The first kappa shape index (κ1) is 14.0. The molecule has 3 nitrogen and oxygen atoms in total. The van der Waals surface area contributed by atoms with Gasteiger partial charge in [-0.1, -0.05) is 11.6 Å². The minimum absolute atomic E-state index is 0.191. The van der Waals surface area contributed by atoms with Crippen molar-refractivity contribution in [1.82, 2.24) is 0 Å². The molecule has 0 aliphatic heterocycles. The summed E-state index contributed by atoms with van der Waals surface area (Å²) in [6, 6.07) is 3.30. The number of aromatic hydroxyl groups is 1. The van der Waals surface area contributed by atoms with Crippen LogP contribution in [-0.2, 0) is 11.2 Å². The van der Waals surface area contributed by atoms with Crippen molar-refractivity contribution in [3.05, 3.63) is 41.0 Å². The first-order valence-corrected chi connectivity index (χ1v) is 5.66. The van der Waals surface area contributed by atoms with Gasteiger partial charge >= 0.3 is 0 Å². The van der Waals surface area contributed by atoms with Crippen molar-refractivity contribution in [3.63, 3.8) is 0 Å². The van der Waals surface area contributed by atoms with Gasteiger partial charge in [0, 0.05) is 11.1 Å². The molecule has 1 rings (SSSR count). The summed E-state index contributed by atoms with van der Waals surface area (Å²) in [4.78, 5) is 10.2. The van der Waals surface area contributed by atoms with E-state index in [-0.39, 0.29) is 5.75 Å². The molecule has 0 atom stereocenters. The third-order valence-electron chi connectivity index (χ3n) is 2.52.